The first-order valence-electron chi connectivity index (χ1n) is 12.9. The highest BCUT2D eigenvalue weighted by atomic mass is 19.1. The fraction of sp³-hybridized carbons (Fsp3) is 0.267. The first-order valence-corrected chi connectivity index (χ1v) is 12.9. The van der Waals surface area contributed by atoms with E-state index in [0.717, 1.165) is 18.9 Å². The molecule has 4 aromatic rings. The van der Waals surface area contributed by atoms with Crippen LogP contribution in [0.4, 0.5) is 10.1 Å². The summed E-state index contributed by atoms with van der Waals surface area (Å²) in [4.78, 5) is 25.9. The van der Waals surface area contributed by atoms with E-state index in [-0.39, 0.29) is 34.4 Å². The zero-order chi connectivity index (χ0) is 28.2. The Bertz CT molecular complexity index is 1600. The van der Waals surface area contributed by atoms with Crippen LogP contribution >= 0.6 is 0 Å². The topological polar surface area (TPSA) is 116 Å². The normalized spacial score (nSPS) is 13.6. The second kappa shape index (κ2) is 11.6. The Morgan fingerprint density at radius 3 is 2.60 bits per heavy atom. The molecule has 0 spiro atoms. The van der Waals surface area contributed by atoms with Crippen LogP contribution in [0.5, 0.6) is 28.9 Å². The maximum atomic E-state index is 15.1. The summed E-state index contributed by atoms with van der Waals surface area (Å²) in [5, 5.41) is 13.5. The molecule has 1 fully saturated rings. The van der Waals surface area contributed by atoms with Crippen molar-refractivity contribution in [3.63, 3.8) is 0 Å². The molecule has 2 N–H and O–H groups in total. The fourth-order valence-electron chi connectivity index (χ4n) is 4.72. The number of nitrogens with zero attached hydrogens (tertiary/aromatic N) is 3. The van der Waals surface area contributed by atoms with Gasteiger partial charge in [-0.3, -0.25) is 14.8 Å². The lowest BCUT2D eigenvalue weighted by molar-refractivity contribution is 0.102. The number of benzene rings is 1. The van der Waals surface area contributed by atoms with Gasteiger partial charge in [0.15, 0.2) is 23.1 Å². The lowest BCUT2D eigenvalue weighted by Crippen LogP contribution is -2.13. The number of hydrogen-bond donors (Lipinski definition) is 2. The summed E-state index contributed by atoms with van der Waals surface area (Å²) in [6, 6.07) is 7.22. The largest absolute Gasteiger partial charge is 0.506 e. The maximum absolute atomic E-state index is 15.1. The van der Waals surface area contributed by atoms with E-state index in [4.69, 9.17) is 14.2 Å². The average molecular weight is 545 g/mol. The summed E-state index contributed by atoms with van der Waals surface area (Å²) in [6.07, 6.45) is 11.4. The van der Waals surface area contributed by atoms with E-state index in [1.54, 1.807) is 19.1 Å². The van der Waals surface area contributed by atoms with E-state index in [1.165, 1.54) is 51.6 Å². The predicted molar refractivity (Wildman–Crippen MR) is 149 cm³/mol. The Morgan fingerprint density at radius 1 is 1.07 bits per heavy atom. The van der Waals surface area contributed by atoms with Gasteiger partial charge < -0.3 is 24.6 Å². The summed E-state index contributed by atoms with van der Waals surface area (Å²) in [7, 11) is 2.95. The summed E-state index contributed by atoms with van der Waals surface area (Å²) in [5.74, 6) is -0.213. The van der Waals surface area contributed by atoms with E-state index in [2.05, 4.69) is 26.3 Å². The zero-order valence-electron chi connectivity index (χ0n) is 22.4. The van der Waals surface area contributed by atoms with Crippen molar-refractivity contribution in [1.82, 2.24) is 15.0 Å². The number of allylic oxidation sites excluding steroid dienone is 1. The van der Waals surface area contributed by atoms with E-state index >= 15 is 4.39 Å². The quantitative estimate of drug-likeness (QED) is 0.260. The number of hydrogen-bond acceptors (Lipinski definition) is 8. The van der Waals surface area contributed by atoms with Gasteiger partial charge in [-0.15, -0.1) is 0 Å². The lowest BCUT2D eigenvalue weighted by atomic mass is 10.0. The third kappa shape index (κ3) is 5.51. The number of ether oxygens (including phenoxy) is 3. The molecule has 0 aliphatic heterocycles. The molecule has 0 saturated heterocycles. The number of aryl methyl sites for hydroxylation is 1. The van der Waals surface area contributed by atoms with Gasteiger partial charge in [-0.25, -0.2) is 9.37 Å². The minimum Gasteiger partial charge on any atom is -0.506 e. The van der Waals surface area contributed by atoms with Gasteiger partial charge >= 0.3 is 0 Å². The molecular formula is C30H29FN4O5. The van der Waals surface area contributed by atoms with Crippen LogP contribution in [-0.4, -0.2) is 40.2 Å². The maximum Gasteiger partial charge on any atom is 0.261 e. The highest BCUT2D eigenvalue weighted by Crippen LogP contribution is 2.35. The molecule has 0 unspecified atom stereocenters. The van der Waals surface area contributed by atoms with Gasteiger partial charge in [0.05, 0.1) is 19.7 Å². The minimum absolute atomic E-state index is 0.00360. The van der Waals surface area contributed by atoms with E-state index in [9.17, 15) is 9.90 Å². The van der Waals surface area contributed by atoms with Gasteiger partial charge in [-0.05, 0) is 37.8 Å². The third-order valence-corrected chi connectivity index (χ3v) is 6.90. The molecule has 3 heterocycles. The molecule has 9 nitrogen and oxygen atoms in total. The smallest absolute Gasteiger partial charge is 0.261 e. The fourth-order valence-corrected chi connectivity index (χ4v) is 4.72. The number of carbonyl (C=O) groups excluding carboxylic acids is 1. The summed E-state index contributed by atoms with van der Waals surface area (Å²) in [6.45, 7) is 1.78. The molecule has 10 heteroatoms. The Balaban J connectivity index is 1.35. The second-order valence-corrected chi connectivity index (χ2v) is 9.50. The van der Waals surface area contributed by atoms with E-state index in [0.29, 0.717) is 34.0 Å². The number of aromatic hydroxyl groups is 1. The van der Waals surface area contributed by atoms with Crippen LogP contribution in [0.1, 0.15) is 47.3 Å². The Morgan fingerprint density at radius 2 is 1.88 bits per heavy atom. The standard InChI is InChI=1S/C30H29FN4O5/c1-17-20(10-8-18-6-4-5-7-18)28(36)21(16-33-17)29(37)34-19-9-11-24(22(31)14-19)40-25-12-13-32-23-15-26(38-2)30(39-3)35-27(23)25/h8-16,18H,4-7H2,1-3H3,(H,33,36)(H,34,37)/b10-8+. The van der Waals surface area contributed by atoms with Crippen LogP contribution < -0.4 is 19.5 Å². The highest BCUT2D eigenvalue weighted by molar-refractivity contribution is 6.06. The van der Waals surface area contributed by atoms with Gasteiger partial charge in [0.2, 0.25) is 0 Å². The molecule has 3 aromatic heterocycles. The van der Waals surface area contributed by atoms with Crippen LogP contribution in [0.25, 0.3) is 17.1 Å². The minimum atomic E-state index is -0.713. The lowest BCUT2D eigenvalue weighted by Gasteiger charge is -2.13. The van der Waals surface area contributed by atoms with Crippen molar-refractivity contribution in [2.75, 3.05) is 19.5 Å². The van der Waals surface area contributed by atoms with Gasteiger partial charge in [-0.1, -0.05) is 25.0 Å². The van der Waals surface area contributed by atoms with Crippen molar-refractivity contribution in [3.05, 3.63) is 71.4 Å². The number of halogens is 1. The summed E-state index contributed by atoms with van der Waals surface area (Å²) >= 11 is 0. The van der Waals surface area contributed by atoms with Crippen molar-refractivity contribution in [3.8, 4) is 28.9 Å². The molecule has 0 radical (unpaired) electrons. The second-order valence-electron chi connectivity index (χ2n) is 9.50. The molecule has 1 aliphatic carbocycles. The number of rotatable bonds is 8. The number of methoxy groups -OCH3 is 2. The van der Waals surface area contributed by atoms with Crippen LogP contribution in [0, 0.1) is 18.7 Å². The molecule has 1 aliphatic rings. The molecule has 1 amide bonds. The zero-order valence-corrected chi connectivity index (χ0v) is 22.4. The first kappa shape index (κ1) is 26.9. The summed E-state index contributed by atoms with van der Waals surface area (Å²) in [5.41, 5.74) is 2.13. The van der Waals surface area contributed by atoms with Gasteiger partial charge in [0.1, 0.15) is 16.8 Å². The first-order chi connectivity index (χ1) is 19.4. The van der Waals surface area contributed by atoms with Crippen LogP contribution in [0.15, 0.2) is 48.8 Å². The molecule has 1 aromatic carbocycles. The van der Waals surface area contributed by atoms with E-state index < -0.39 is 11.7 Å². The van der Waals surface area contributed by atoms with Crippen LogP contribution in [0.3, 0.4) is 0 Å². The molecule has 0 atom stereocenters. The van der Waals surface area contributed by atoms with Crippen LogP contribution in [-0.2, 0) is 0 Å². The van der Waals surface area contributed by atoms with Crippen LogP contribution in [0.2, 0.25) is 0 Å². The SMILES string of the molecule is COc1cc2nccc(Oc3ccc(NC(=O)c4cnc(C)c(/C=C/C5CCCC5)c4O)cc3F)c2nc1OC. The van der Waals surface area contributed by atoms with Gasteiger partial charge in [-0.2, -0.15) is 0 Å². The molecule has 1 saturated carbocycles. The monoisotopic (exact) mass is 544 g/mol. The van der Waals surface area contributed by atoms with Crippen molar-refractivity contribution in [2.24, 2.45) is 5.92 Å². The van der Waals surface area contributed by atoms with Gasteiger partial charge in [0, 0.05) is 47.5 Å². The number of anilines is 1. The number of aromatic nitrogens is 3. The number of amides is 1. The Kier molecular flexibility index (Phi) is 7.77. The number of pyridine rings is 3. The Labute approximate surface area is 230 Å². The Hall–Kier alpha value is -4.73. The van der Waals surface area contributed by atoms with Crippen molar-refractivity contribution < 1.29 is 28.5 Å². The average Bonchev–Trinajstić information content (AvgIpc) is 3.47. The summed E-state index contributed by atoms with van der Waals surface area (Å²) < 4.78 is 31.4. The predicted octanol–water partition coefficient (Wildman–Crippen LogP) is 6.44. The van der Waals surface area contributed by atoms with Crippen molar-refractivity contribution in [2.45, 2.75) is 32.6 Å². The number of fused-ring (bicyclic) bond motifs is 1. The molecule has 206 valence electrons. The van der Waals surface area contributed by atoms with Crippen molar-refractivity contribution in [1.29, 1.82) is 0 Å². The molecule has 0 bridgehead atoms. The molecule has 40 heavy (non-hydrogen) atoms. The van der Waals surface area contributed by atoms with Gasteiger partial charge in [0.25, 0.3) is 11.8 Å². The number of nitrogens with one attached hydrogen (secondary N) is 1. The molecular weight excluding hydrogens is 515 g/mol. The molecule has 5 rings (SSSR count). The number of carbonyl (C=O) groups is 1. The van der Waals surface area contributed by atoms with E-state index in [1.807, 2.05) is 6.08 Å². The highest BCUT2D eigenvalue weighted by Gasteiger charge is 2.19. The van der Waals surface area contributed by atoms with Crippen molar-refractivity contribution >= 4 is 28.7 Å². The third-order valence-electron chi connectivity index (χ3n) is 6.90.